The van der Waals surface area contributed by atoms with E-state index in [0.717, 1.165) is 12.2 Å². The lowest BCUT2D eigenvalue weighted by Gasteiger charge is -2.22. The molecule has 3 atom stereocenters. The Kier molecular flexibility index (Phi) is 12.4. The lowest BCUT2D eigenvalue weighted by Crippen LogP contribution is -2.43. The number of carbonyl (C=O) groups excluding carboxylic acids is 1. The molecule has 0 aromatic rings. The van der Waals surface area contributed by atoms with Crippen molar-refractivity contribution >= 4 is 17.5 Å². The second kappa shape index (κ2) is 12.7. The van der Waals surface area contributed by atoms with E-state index in [4.69, 9.17) is 15.6 Å². The van der Waals surface area contributed by atoms with Crippen LogP contribution in [0.4, 0.5) is 0 Å². The third kappa shape index (κ3) is 11.0. The highest BCUT2D eigenvalue weighted by Crippen LogP contribution is 2.11. The van der Waals surface area contributed by atoms with Gasteiger partial charge in [-0.15, -0.1) is 0 Å². The van der Waals surface area contributed by atoms with Gasteiger partial charge in [0.05, 0.1) is 31.4 Å². The molecule has 0 fully saturated rings. The third-order valence-electron chi connectivity index (χ3n) is 3.34. The molecule has 0 aliphatic rings. The second-order valence-electron chi connectivity index (χ2n) is 6.58. The Bertz CT molecular complexity index is 378. The minimum absolute atomic E-state index is 0.00993. The van der Waals surface area contributed by atoms with E-state index in [1.807, 2.05) is 27.7 Å². The highest BCUT2D eigenvalue weighted by Gasteiger charge is 2.21. The fourth-order valence-electron chi connectivity index (χ4n) is 2.01. The van der Waals surface area contributed by atoms with Gasteiger partial charge in [0, 0.05) is 17.7 Å². The van der Waals surface area contributed by atoms with E-state index in [2.05, 4.69) is 11.9 Å². The van der Waals surface area contributed by atoms with Gasteiger partial charge in [0.2, 0.25) is 0 Å². The maximum atomic E-state index is 12.2. The predicted molar refractivity (Wildman–Crippen MR) is 100 cm³/mol. The Morgan fingerprint density at radius 2 is 1.92 bits per heavy atom. The van der Waals surface area contributed by atoms with E-state index in [1.54, 1.807) is 11.8 Å². The monoisotopic (exact) mass is 362 g/mol. The molecule has 0 bridgehead atoms. The number of nitrogens with two attached hydrogens (primary N) is 1. The van der Waals surface area contributed by atoms with Crippen molar-refractivity contribution in [1.82, 2.24) is 5.32 Å². The number of thioether (sulfide) groups is 1. The van der Waals surface area contributed by atoms with Crippen LogP contribution in [0, 0.1) is 5.92 Å². The molecule has 1 unspecified atom stereocenters. The maximum Gasteiger partial charge on any atom is 0.152 e. The number of aliphatic hydroxyl groups excluding tert-OH is 2. The molecule has 5 N–H and O–H groups in total. The molecule has 0 heterocycles. The van der Waals surface area contributed by atoms with Crippen molar-refractivity contribution in [2.24, 2.45) is 11.7 Å². The molecule has 0 spiro atoms. The number of Topliss-reactive ketones (excluding diaryl/α,β-unsaturated/α-hetero) is 1. The van der Waals surface area contributed by atoms with Crippen LogP contribution in [-0.2, 0) is 9.53 Å². The number of ether oxygens (including phenoxy) is 1. The fourth-order valence-corrected chi connectivity index (χ4v) is 2.95. The normalized spacial score (nSPS) is 15.5. The van der Waals surface area contributed by atoms with Crippen LogP contribution in [0.1, 0.15) is 34.1 Å². The molecule has 24 heavy (non-hydrogen) atoms. The zero-order chi connectivity index (χ0) is 18.7. The molecule has 0 saturated carbocycles. The van der Waals surface area contributed by atoms with Gasteiger partial charge in [-0.05, 0) is 12.2 Å². The zero-order valence-electron chi connectivity index (χ0n) is 15.3. The van der Waals surface area contributed by atoms with Crippen LogP contribution in [-0.4, -0.2) is 64.9 Å². The minimum Gasteiger partial charge on any atom is -0.511 e. The Labute approximate surface area is 150 Å². The molecule has 0 aromatic heterocycles. The van der Waals surface area contributed by atoms with Crippen LogP contribution < -0.4 is 11.1 Å². The van der Waals surface area contributed by atoms with Crippen molar-refractivity contribution < 1.29 is 19.7 Å². The van der Waals surface area contributed by atoms with Crippen molar-refractivity contribution in [3.05, 3.63) is 12.3 Å². The summed E-state index contributed by atoms with van der Waals surface area (Å²) in [6, 6.07) is -0.513. The number of hydrogen-bond donors (Lipinski definition) is 4. The number of carbonyl (C=O) groups is 1. The van der Waals surface area contributed by atoms with E-state index < -0.39 is 12.1 Å². The molecule has 0 radical (unpaired) electrons. The first-order chi connectivity index (χ1) is 11.1. The molecule has 0 amide bonds. The van der Waals surface area contributed by atoms with Gasteiger partial charge in [0.25, 0.3) is 0 Å². The molecule has 0 aliphatic carbocycles. The van der Waals surface area contributed by atoms with Gasteiger partial charge < -0.3 is 26.0 Å². The number of rotatable bonds is 14. The molecule has 0 saturated heterocycles. The SMILES string of the molecule is C=C(O)[C@@H](N)COCC(O)CSCC[C@H](NC(C)C)C(=O)C(C)C. The fraction of sp³-hybridized carbons (Fsp3) is 0.824. The van der Waals surface area contributed by atoms with E-state index >= 15 is 0 Å². The van der Waals surface area contributed by atoms with Gasteiger partial charge in [0.1, 0.15) is 5.76 Å². The predicted octanol–water partition coefficient (Wildman–Crippen LogP) is 1.48. The number of ketones is 1. The highest BCUT2D eigenvalue weighted by molar-refractivity contribution is 7.99. The average molecular weight is 363 g/mol. The Morgan fingerprint density at radius 3 is 2.42 bits per heavy atom. The first kappa shape index (κ1) is 23.4. The molecule has 0 rings (SSSR count). The van der Waals surface area contributed by atoms with Crippen molar-refractivity contribution in [2.45, 2.75) is 58.3 Å². The summed E-state index contributed by atoms with van der Waals surface area (Å²) in [4.78, 5) is 12.2. The number of nitrogens with one attached hydrogen (secondary N) is 1. The second-order valence-corrected chi connectivity index (χ2v) is 7.73. The summed E-state index contributed by atoms with van der Waals surface area (Å²) >= 11 is 1.59. The van der Waals surface area contributed by atoms with E-state index in [1.165, 1.54) is 0 Å². The molecule has 142 valence electrons. The summed E-state index contributed by atoms with van der Waals surface area (Å²) in [7, 11) is 0. The van der Waals surface area contributed by atoms with Crippen molar-refractivity contribution in [2.75, 3.05) is 24.7 Å². The Morgan fingerprint density at radius 1 is 1.29 bits per heavy atom. The van der Waals surface area contributed by atoms with Gasteiger partial charge in [-0.1, -0.05) is 34.3 Å². The van der Waals surface area contributed by atoms with Crippen LogP contribution in [0.2, 0.25) is 0 Å². The van der Waals surface area contributed by atoms with Crippen LogP contribution in [0.15, 0.2) is 12.3 Å². The maximum absolute atomic E-state index is 12.2. The van der Waals surface area contributed by atoms with Crippen LogP contribution in [0.3, 0.4) is 0 Å². The quantitative estimate of drug-likeness (QED) is 0.274. The van der Waals surface area contributed by atoms with Gasteiger partial charge in [-0.25, -0.2) is 0 Å². The van der Waals surface area contributed by atoms with Gasteiger partial charge in [-0.3, -0.25) is 4.79 Å². The molecular weight excluding hydrogens is 328 g/mol. The first-order valence-corrected chi connectivity index (χ1v) is 9.57. The topological polar surface area (TPSA) is 105 Å². The van der Waals surface area contributed by atoms with Gasteiger partial charge >= 0.3 is 0 Å². The number of hydrogen-bond acceptors (Lipinski definition) is 7. The summed E-state index contributed by atoms with van der Waals surface area (Å²) in [5.74, 6) is 1.42. The van der Waals surface area contributed by atoms with E-state index in [-0.39, 0.29) is 42.8 Å². The average Bonchev–Trinajstić information content (AvgIpc) is 2.48. The third-order valence-corrected chi connectivity index (χ3v) is 4.49. The molecular formula is C17H34N2O4S. The molecule has 6 nitrogen and oxygen atoms in total. The summed E-state index contributed by atoms with van der Waals surface area (Å²) in [6.07, 6.45) is 0.134. The van der Waals surface area contributed by atoms with E-state index in [0.29, 0.717) is 5.75 Å². The van der Waals surface area contributed by atoms with Crippen molar-refractivity contribution in [1.29, 1.82) is 0 Å². The molecule has 7 heteroatoms. The van der Waals surface area contributed by atoms with Crippen LogP contribution >= 0.6 is 11.8 Å². The molecule has 0 aliphatic heterocycles. The summed E-state index contributed by atoms with van der Waals surface area (Å²) in [6.45, 7) is 11.5. The molecule has 0 aromatic carbocycles. The van der Waals surface area contributed by atoms with Crippen LogP contribution in [0.5, 0.6) is 0 Å². The van der Waals surface area contributed by atoms with Gasteiger partial charge in [-0.2, -0.15) is 11.8 Å². The smallest absolute Gasteiger partial charge is 0.152 e. The summed E-state index contributed by atoms with van der Waals surface area (Å²) in [5, 5.41) is 22.2. The lowest BCUT2D eigenvalue weighted by molar-refractivity contribution is -0.124. The van der Waals surface area contributed by atoms with Gasteiger partial charge in [0.15, 0.2) is 5.78 Å². The Balaban J connectivity index is 3.98. The first-order valence-electron chi connectivity index (χ1n) is 8.41. The van der Waals surface area contributed by atoms with Crippen molar-refractivity contribution in [3.8, 4) is 0 Å². The van der Waals surface area contributed by atoms with Crippen LogP contribution in [0.25, 0.3) is 0 Å². The van der Waals surface area contributed by atoms with E-state index in [9.17, 15) is 9.90 Å². The minimum atomic E-state index is -0.630. The zero-order valence-corrected chi connectivity index (χ0v) is 16.1. The number of aliphatic hydroxyl groups is 2. The summed E-state index contributed by atoms with van der Waals surface area (Å²) < 4.78 is 5.24. The lowest BCUT2D eigenvalue weighted by atomic mass is 9.99. The largest absolute Gasteiger partial charge is 0.511 e. The summed E-state index contributed by atoms with van der Waals surface area (Å²) in [5.41, 5.74) is 5.55. The Hall–Kier alpha value is -0.600. The highest BCUT2D eigenvalue weighted by atomic mass is 32.2. The standard InChI is InChI=1S/C17H34N2O4S/c1-11(2)17(22)16(19-12(3)4)6-7-24-10-14(21)8-23-9-15(18)13(5)20/h11-12,14-16,19-21H,5-10,18H2,1-4H3/t14?,15-,16-/m0/s1. The van der Waals surface area contributed by atoms with Crippen molar-refractivity contribution in [3.63, 3.8) is 0 Å².